The van der Waals surface area contributed by atoms with E-state index in [4.69, 9.17) is 0 Å². The number of hydrogen-bond donors (Lipinski definition) is 3. The lowest BCUT2D eigenvalue weighted by Crippen LogP contribution is -2.38. The Kier molecular flexibility index (Phi) is 4.59. The molecule has 136 valence electrons. The van der Waals surface area contributed by atoms with E-state index in [0.29, 0.717) is 12.2 Å². The number of hydrogen-bond acceptors (Lipinski definition) is 3. The first-order chi connectivity index (χ1) is 12.6. The monoisotopic (exact) mass is 368 g/mol. The zero-order chi connectivity index (χ0) is 18.1. The largest absolute Gasteiger partial charge is 0.388 e. The van der Waals surface area contributed by atoms with Crippen molar-refractivity contribution < 1.29 is 9.90 Å². The molecule has 1 aliphatic carbocycles. The number of aromatic nitrogens is 1. The lowest BCUT2D eigenvalue weighted by atomic mass is 9.84. The number of carbonyl (C=O) groups excluding carboxylic acids is 1. The van der Waals surface area contributed by atoms with Gasteiger partial charge in [0.1, 0.15) is 5.69 Å². The number of fused-ring (bicyclic) bond motifs is 1. The van der Waals surface area contributed by atoms with Gasteiger partial charge < -0.3 is 15.4 Å². The summed E-state index contributed by atoms with van der Waals surface area (Å²) in [4.78, 5) is 18.2. The number of rotatable bonds is 5. The molecule has 4 nitrogen and oxygen atoms in total. The van der Waals surface area contributed by atoms with Crippen LogP contribution in [0.25, 0.3) is 10.9 Å². The molecule has 2 heterocycles. The first-order valence-electron chi connectivity index (χ1n) is 9.22. The quantitative estimate of drug-likeness (QED) is 0.620. The van der Waals surface area contributed by atoms with Crippen molar-refractivity contribution in [2.45, 2.75) is 44.1 Å². The molecule has 1 amide bonds. The molecule has 0 spiro atoms. The van der Waals surface area contributed by atoms with Gasteiger partial charge in [0.2, 0.25) is 0 Å². The minimum absolute atomic E-state index is 0.000514. The normalized spacial score (nSPS) is 17.5. The minimum atomic E-state index is -0.437. The van der Waals surface area contributed by atoms with Crippen LogP contribution in [0.3, 0.4) is 0 Å². The van der Waals surface area contributed by atoms with Crippen LogP contribution in [0.15, 0.2) is 42.5 Å². The molecule has 1 atom stereocenters. The first kappa shape index (κ1) is 17.3. The van der Waals surface area contributed by atoms with E-state index in [2.05, 4.69) is 16.4 Å². The lowest BCUT2D eigenvalue weighted by molar-refractivity contribution is 0.0939. The van der Waals surface area contributed by atoms with Crippen LogP contribution >= 0.6 is 11.3 Å². The zero-order valence-corrected chi connectivity index (χ0v) is 15.7. The summed E-state index contributed by atoms with van der Waals surface area (Å²) in [5.74, 6) is -0.0558. The molecule has 3 aromatic rings. The summed E-state index contributed by atoms with van der Waals surface area (Å²) in [6.45, 7) is 2.44. The fourth-order valence-corrected chi connectivity index (χ4v) is 5.15. The molecule has 1 unspecified atom stereocenters. The molecule has 2 aromatic heterocycles. The average molecular weight is 369 g/mol. The minimum Gasteiger partial charge on any atom is -0.388 e. The van der Waals surface area contributed by atoms with Gasteiger partial charge in [-0.1, -0.05) is 31.0 Å². The van der Waals surface area contributed by atoms with E-state index >= 15 is 0 Å². The van der Waals surface area contributed by atoms with Gasteiger partial charge in [-0.25, -0.2) is 0 Å². The van der Waals surface area contributed by atoms with E-state index in [1.54, 1.807) is 18.3 Å². The molecule has 0 aliphatic heterocycles. The first-order valence-corrected chi connectivity index (χ1v) is 10.0. The van der Waals surface area contributed by atoms with Crippen molar-refractivity contribution >= 4 is 28.1 Å². The van der Waals surface area contributed by atoms with E-state index in [1.807, 2.05) is 36.4 Å². The van der Waals surface area contributed by atoms with E-state index in [-0.39, 0.29) is 11.3 Å². The highest BCUT2D eigenvalue weighted by Gasteiger charge is 2.37. The van der Waals surface area contributed by atoms with Crippen molar-refractivity contribution in [1.29, 1.82) is 0 Å². The molecule has 1 aromatic carbocycles. The van der Waals surface area contributed by atoms with Crippen LogP contribution in [0, 0.1) is 0 Å². The summed E-state index contributed by atoms with van der Waals surface area (Å²) >= 11 is 1.68. The van der Waals surface area contributed by atoms with Gasteiger partial charge in [-0.15, -0.1) is 11.3 Å². The third-order valence-corrected chi connectivity index (χ3v) is 6.99. The zero-order valence-electron chi connectivity index (χ0n) is 14.9. The number of aliphatic hydroxyl groups is 1. The molecule has 1 fully saturated rings. The Hall–Kier alpha value is -2.11. The molecular weight excluding hydrogens is 344 g/mol. The highest BCUT2D eigenvalue weighted by molar-refractivity contribution is 7.12. The second-order valence-electron chi connectivity index (χ2n) is 7.32. The number of nitrogens with one attached hydrogen (secondary N) is 2. The third kappa shape index (κ3) is 3.17. The number of para-hydroxylation sites is 1. The van der Waals surface area contributed by atoms with E-state index in [0.717, 1.165) is 28.6 Å². The van der Waals surface area contributed by atoms with E-state index in [1.165, 1.54) is 17.7 Å². The Morgan fingerprint density at radius 1 is 1.27 bits per heavy atom. The maximum absolute atomic E-state index is 12.7. The SMILES string of the molecule is CC(O)c1ccc(C2(CNC(=O)c3cc4ccccc4[nH]3)CCCC2)s1. The standard InChI is InChI=1S/C21H24N2O2S/c1-14(24)18-8-9-19(26-18)21(10-4-5-11-21)13-22-20(25)17-12-15-6-2-3-7-16(15)23-17/h2-3,6-9,12,14,23-24H,4-5,10-11,13H2,1H3,(H,22,25). The summed E-state index contributed by atoms with van der Waals surface area (Å²) in [6.07, 6.45) is 4.10. The van der Waals surface area contributed by atoms with Gasteiger partial charge in [0.05, 0.1) is 6.10 Å². The number of benzene rings is 1. The van der Waals surface area contributed by atoms with Gasteiger partial charge in [-0.3, -0.25) is 4.79 Å². The third-order valence-electron chi connectivity index (χ3n) is 5.48. The number of H-pyrrole nitrogens is 1. The van der Waals surface area contributed by atoms with Crippen LogP contribution in [-0.4, -0.2) is 22.5 Å². The van der Waals surface area contributed by atoms with Crippen molar-refractivity contribution in [2.75, 3.05) is 6.54 Å². The molecular formula is C21H24N2O2S. The predicted molar refractivity (Wildman–Crippen MR) is 106 cm³/mol. The number of aliphatic hydroxyl groups excluding tert-OH is 1. The van der Waals surface area contributed by atoms with Crippen LogP contribution in [0.4, 0.5) is 0 Å². The van der Waals surface area contributed by atoms with Gasteiger partial charge >= 0.3 is 0 Å². The van der Waals surface area contributed by atoms with Crippen molar-refractivity contribution in [3.63, 3.8) is 0 Å². The van der Waals surface area contributed by atoms with E-state index < -0.39 is 6.10 Å². The number of thiophene rings is 1. The van der Waals surface area contributed by atoms with Crippen molar-refractivity contribution in [3.8, 4) is 0 Å². The van der Waals surface area contributed by atoms with Crippen molar-refractivity contribution in [1.82, 2.24) is 10.3 Å². The molecule has 1 saturated carbocycles. The van der Waals surface area contributed by atoms with Crippen LogP contribution < -0.4 is 5.32 Å². The van der Waals surface area contributed by atoms with Crippen LogP contribution in [0.2, 0.25) is 0 Å². The number of aromatic amines is 1. The summed E-state index contributed by atoms with van der Waals surface area (Å²) in [6, 6.07) is 14.0. The Balaban J connectivity index is 1.52. The number of amides is 1. The Bertz CT molecular complexity index is 886. The van der Waals surface area contributed by atoms with Gasteiger partial charge in [-0.05, 0) is 44.0 Å². The molecule has 4 rings (SSSR count). The summed E-state index contributed by atoms with van der Waals surface area (Å²) in [5, 5.41) is 14.0. The molecule has 0 radical (unpaired) electrons. The molecule has 26 heavy (non-hydrogen) atoms. The van der Waals surface area contributed by atoms with Gasteiger partial charge in [0.25, 0.3) is 5.91 Å². The predicted octanol–water partition coefficient (Wildman–Crippen LogP) is 4.52. The van der Waals surface area contributed by atoms with Crippen molar-refractivity contribution in [2.24, 2.45) is 0 Å². The second-order valence-corrected chi connectivity index (χ2v) is 8.43. The molecule has 1 aliphatic rings. The van der Waals surface area contributed by atoms with Crippen LogP contribution in [-0.2, 0) is 5.41 Å². The Morgan fingerprint density at radius 3 is 2.73 bits per heavy atom. The summed E-state index contributed by atoms with van der Waals surface area (Å²) in [7, 11) is 0. The van der Waals surface area contributed by atoms with Crippen molar-refractivity contribution in [3.05, 3.63) is 57.9 Å². The fourth-order valence-electron chi connectivity index (χ4n) is 3.96. The average Bonchev–Trinajstić information content (AvgIpc) is 3.38. The van der Waals surface area contributed by atoms with Gasteiger partial charge in [0, 0.05) is 32.6 Å². The second kappa shape index (κ2) is 6.89. The van der Waals surface area contributed by atoms with E-state index in [9.17, 15) is 9.90 Å². The highest BCUT2D eigenvalue weighted by atomic mass is 32.1. The topological polar surface area (TPSA) is 65.1 Å². The Morgan fingerprint density at radius 2 is 2.04 bits per heavy atom. The van der Waals surface area contributed by atoms with Gasteiger partial charge in [-0.2, -0.15) is 0 Å². The molecule has 3 N–H and O–H groups in total. The molecule has 5 heteroatoms. The smallest absolute Gasteiger partial charge is 0.267 e. The lowest BCUT2D eigenvalue weighted by Gasteiger charge is -2.28. The van der Waals surface area contributed by atoms with Crippen LogP contribution in [0.1, 0.15) is 59.0 Å². The molecule has 0 bridgehead atoms. The van der Waals surface area contributed by atoms with Gasteiger partial charge in [0.15, 0.2) is 0 Å². The maximum Gasteiger partial charge on any atom is 0.267 e. The summed E-state index contributed by atoms with van der Waals surface area (Å²) < 4.78 is 0. The summed E-state index contributed by atoms with van der Waals surface area (Å²) in [5.41, 5.74) is 1.59. The maximum atomic E-state index is 12.7. The van der Waals surface area contributed by atoms with Crippen LogP contribution in [0.5, 0.6) is 0 Å². The molecule has 0 saturated heterocycles. The fraction of sp³-hybridized carbons (Fsp3) is 0.381. The Labute approximate surface area is 157 Å². The number of carbonyl (C=O) groups is 1. The highest BCUT2D eigenvalue weighted by Crippen LogP contribution is 2.44.